The minimum Gasteiger partial charge on any atom is -0.474 e. The highest BCUT2D eigenvalue weighted by molar-refractivity contribution is 5.83. The summed E-state index contributed by atoms with van der Waals surface area (Å²) in [7, 11) is 0. The van der Waals surface area contributed by atoms with Crippen molar-refractivity contribution in [2.75, 3.05) is 0 Å². The summed E-state index contributed by atoms with van der Waals surface area (Å²) in [6.07, 6.45) is 1.000. The van der Waals surface area contributed by atoms with Crippen molar-refractivity contribution in [3.63, 3.8) is 0 Å². The van der Waals surface area contributed by atoms with Crippen molar-refractivity contribution < 1.29 is 23.1 Å². The molecule has 2 rings (SSSR count). The Balaban J connectivity index is 2.46. The van der Waals surface area contributed by atoms with Crippen molar-refractivity contribution in [3.05, 3.63) is 42.0 Å². The molecule has 0 aliphatic heterocycles. The van der Waals surface area contributed by atoms with Crippen LogP contribution >= 0.6 is 0 Å². The highest BCUT2D eigenvalue weighted by atomic mass is 19.1. The number of carboxylic acids is 1. The number of oxazole rings is 1. The third-order valence-corrected chi connectivity index (χ3v) is 1.89. The Morgan fingerprint density at radius 1 is 1.38 bits per heavy atom. The van der Waals surface area contributed by atoms with E-state index in [9.17, 15) is 13.6 Å². The maximum absolute atomic E-state index is 13.3. The summed E-state index contributed by atoms with van der Waals surface area (Å²) in [6.45, 7) is 0. The fourth-order valence-corrected chi connectivity index (χ4v) is 1.19. The van der Waals surface area contributed by atoms with E-state index in [1.807, 2.05) is 0 Å². The number of hydrogen-bond donors (Lipinski definition) is 1. The predicted octanol–water partition coefficient (Wildman–Crippen LogP) is 2.32. The van der Waals surface area contributed by atoms with E-state index in [-0.39, 0.29) is 11.3 Å². The highest BCUT2D eigenvalue weighted by Crippen LogP contribution is 2.22. The van der Waals surface area contributed by atoms with E-state index >= 15 is 0 Å². The van der Waals surface area contributed by atoms with Crippen molar-refractivity contribution in [1.29, 1.82) is 0 Å². The van der Waals surface area contributed by atoms with Gasteiger partial charge in [-0.15, -0.1) is 0 Å². The summed E-state index contributed by atoms with van der Waals surface area (Å²) < 4.78 is 30.5. The van der Waals surface area contributed by atoms with Gasteiger partial charge in [0.2, 0.25) is 0 Å². The van der Waals surface area contributed by atoms with Crippen LogP contribution in [0.5, 0.6) is 0 Å². The first-order valence-electron chi connectivity index (χ1n) is 4.22. The summed E-state index contributed by atoms with van der Waals surface area (Å²) in [6, 6.07) is 2.89. The van der Waals surface area contributed by atoms with Gasteiger partial charge < -0.3 is 9.52 Å². The minimum atomic E-state index is -1.35. The quantitative estimate of drug-likeness (QED) is 0.851. The number of benzene rings is 1. The molecule has 4 nitrogen and oxygen atoms in total. The number of aromatic carboxylic acids is 1. The van der Waals surface area contributed by atoms with Gasteiger partial charge in [0.25, 0.3) is 0 Å². The van der Waals surface area contributed by atoms with Gasteiger partial charge in [-0.2, -0.15) is 0 Å². The van der Waals surface area contributed by atoms with Crippen molar-refractivity contribution in [2.24, 2.45) is 0 Å². The number of carboxylic acid groups (broad SMARTS) is 1. The van der Waals surface area contributed by atoms with Gasteiger partial charge >= 0.3 is 11.9 Å². The molecule has 0 amide bonds. The standard InChI is InChI=1S/C10H5F2NO3/c11-5-1-2-6(7(12)3-5)8-4-16-9(13-8)10(14)15/h1-4H,(H,14,15). The molecular weight excluding hydrogens is 220 g/mol. The third-order valence-electron chi connectivity index (χ3n) is 1.89. The normalized spacial score (nSPS) is 10.4. The molecule has 0 unspecified atom stereocenters. The van der Waals surface area contributed by atoms with Gasteiger partial charge in [0.15, 0.2) is 0 Å². The Bertz CT molecular complexity index is 551. The number of nitrogens with zero attached hydrogens (tertiary/aromatic N) is 1. The smallest absolute Gasteiger partial charge is 0.392 e. The molecule has 0 aliphatic carbocycles. The van der Waals surface area contributed by atoms with Crippen LogP contribution in [-0.2, 0) is 0 Å². The average Bonchev–Trinajstić information content (AvgIpc) is 2.66. The van der Waals surface area contributed by atoms with E-state index < -0.39 is 23.5 Å². The molecule has 1 N–H and O–H groups in total. The van der Waals surface area contributed by atoms with Crippen molar-refractivity contribution in [1.82, 2.24) is 4.98 Å². The molecule has 0 saturated heterocycles. The molecule has 0 atom stereocenters. The minimum absolute atomic E-state index is 0.00917. The zero-order chi connectivity index (χ0) is 11.7. The Morgan fingerprint density at radius 2 is 2.12 bits per heavy atom. The zero-order valence-electron chi connectivity index (χ0n) is 7.78. The van der Waals surface area contributed by atoms with Crippen LogP contribution in [0.15, 0.2) is 28.9 Å². The van der Waals surface area contributed by atoms with Gasteiger partial charge in [-0.3, -0.25) is 0 Å². The largest absolute Gasteiger partial charge is 0.474 e. The second-order valence-corrected chi connectivity index (χ2v) is 2.97. The molecule has 0 saturated carbocycles. The number of halogens is 2. The molecule has 1 aromatic carbocycles. The van der Waals surface area contributed by atoms with E-state index in [2.05, 4.69) is 9.40 Å². The van der Waals surface area contributed by atoms with Gasteiger partial charge in [0.05, 0.1) is 0 Å². The van der Waals surface area contributed by atoms with Gasteiger partial charge in [0, 0.05) is 11.6 Å². The molecule has 0 spiro atoms. The molecule has 0 fully saturated rings. The zero-order valence-corrected chi connectivity index (χ0v) is 7.78. The lowest BCUT2D eigenvalue weighted by Gasteiger charge is -1.97. The second kappa shape index (κ2) is 3.73. The van der Waals surface area contributed by atoms with Gasteiger partial charge in [0.1, 0.15) is 23.6 Å². The van der Waals surface area contributed by atoms with E-state index in [1.54, 1.807) is 0 Å². The number of carbonyl (C=O) groups is 1. The van der Waals surface area contributed by atoms with Crippen LogP contribution in [0, 0.1) is 11.6 Å². The fourth-order valence-electron chi connectivity index (χ4n) is 1.19. The Hall–Kier alpha value is -2.24. The molecule has 0 bridgehead atoms. The molecule has 0 aliphatic rings. The lowest BCUT2D eigenvalue weighted by Crippen LogP contribution is -1.96. The summed E-state index contributed by atoms with van der Waals surface area (Å²) in [5.74, 6) is -3.44. The van der Waals surface area contributed by atoms with E-state index in [0.29, 0.717) is 6.07 Å². The van der Waals surface area contributed by atoms with Crippen LogP contribution in [0.3, 0.4) is 0 Å². The Kier molecular flexibility index (Phi) is 2.40. The van der Waals surface area contributed by atoms with Crippen LogP contribution in [0.1, 0.15) is 10.7 Å². The lowest BCUT2D eigenvalue weighted by atomic mass is 10.1. The molecule has 6 heteroatoms. The van der Waals surface area contributed by atoms with Crippen LogP contribution in [0.2, 0.25) is 0 Å². The van der Waals surface area contributed by atoms with Crippen LogP contribution in [-0.4, -0.2) is 16.1 Å². The summed E-state index contributed by atoms with van der Waals surface area (Å²) in [5, 5.41) is 8.55. The number of aromatic nitrogens is 1. The molecular formula is C10H5F2NO3. The van der Waals surface area contributed by atoms with Crippen molar-refractivity contribution in [3.8, 4) is 11.3 Å². The fraction of sp³-hybridized carbons (Fsp3) is 0. The van der Waals surface area contributed by atoms with Crippen LogP contribution in [0.25, 0.3) is 11.3 Å². The number of hydrogen-bond acceptors (Lipinski definition) is 3. The SMILES string of the molecule is O=C(O)c1nc(-c2ccc(F)cc2F)co1. The predicted molar refractivity (Wildman–Crippen MR) is 48.8 cm³/mol. The first kappa shape index (κ1) is 10.3. The summed E-state index contributed by atoms with van der Waals surface area (Å²) in [4.78, 5) is 14.0. The van der Waals surface area contributed by atoms with E-state index in [1.165, 1.54) is 0 Å². The van der Waals surface area contributed by atoms with Gasteiger partial charge in [-0.25, -0.2) is 18.6 Å². The molecule has 1 aromatic heterocycles. The summed E-state index contributed by atoms with van der Waals surface area (Å²) >= 11 is 0. The van der Waals surface area contributed by atoms with E-state index in [4.69, 9.17) is 5.11 Å². The molecule has 82 valence electrons. The Morgan fingerprint density at radius 3 is 2.69 bits per heavy atom. The first-order valence-corrected chi connectivity index (χ1v) is 4.22. The molecule has 1 heterocycles. The first-order chi connectivity index (χ1) is 7.58. The second-order valence-electron chi connectivity index (χ2n) is 2.97. The molecule has 0 radical (unpaired) electrons. The maximum Gasteiger partial charge on any atom is 0.392 e. The third kappa shape index (κ3) is 1.77. The molecule has 16 heavy (non-hydrogen) atoms. The highest BCUT2D eigenvalue weighted by Gasteiger charge is 2.15. The monoisotopic (exact) mass is 225 g/mol. The summed E-state index contributed by atoms with van der Waals surface area (Å²) in [5.41, 5.74) is -0.00690. The van der Waals surface area contributed by atoms with Crippen LogP contribution < -0.4 is 0 Å². The number of rotatable bonds is 2. The van der Waals surface area contributed by atoms with Crippen LogP contribution in [0.4, 0.5) is 8.78 Å². The molecule has 2 aromatic rings. The van der Waals surface area contributed by atoms with E-state index in [0.717, 1.165) is 18.4 Å². The topological polar surface area (TPSA) is 63.3 Å². The van der Waals surface area contributed by atoms with Gasteiger partial charge in [-0.05, 0) is 12.1 Å². The van der Waals surface area contributed by atoms with Gasteiger partial charge in [-0.1, -0.05) is 0 Å². The van der Waals surface area contributed by atoms with Crippen molar-refractivity contribution >= 4 is 5.97 Å². The lowest BCUT2D eigenvalue weighted by molar-refractivity contribution is 0.0653. The average molecular weight is 225 g/mol. The Labute approximate surface area is 88.2 Å². The van der Waals surface area contributed by atoms with Crippen molar-refractivity contribution in [2.45, 2.75) is 0 Å². The maximum atomic E-state index is 13.3.